The van der Waals surface area contributed by atoms with Gasteiger partial charge < -0.3 is 5.32 Å². The minimum Gasteiger partial charge on any atom is -0.310 e. The predicted molar refractivity (Wildman–Crippen MR) is 80.5 cm³/mol. The van der Waals surface area contributed by atoms with Crippen LogP contribution in [0.3, 0.4) is 0 Å². The summed E-state index contributed by atoms with van der Waals surface area (Å²) in [5, 5.41) is 4.11. The van der Waals surface area contributed by atoms with Crippen molar-refractivity contribution in [3.05, 3.63) is 33.5 Å². The monoisotopic (exact) mass is 331 g/mol. The van der Waals surface area contributed by atoms with Crippen LogP contribution in [0, 0.1) is 5.82 Å². The fourth-order valence-corrected chi connectivity index (χ4v) is 3.88. The summed E-state index contributed by atoms with van der Waals surface area (Å²) in [5.41, 5.74) is 2.01. The fraction of sp³-hybridized carbons (Fsp3) is 0.571. The molecule has 2 rings (SSSR count). The van der Waals surface area contributed by atoms with Gasteiger partial charge in [0.25, 0.3) is 0 Å². The van der Waals surface area contributed by atoms with Crippen molar-refractivity contribution in [1.29, 1.82) is 0 Å². The van der Waals surface area contributed by atoms with Gasteiger partial charge in [-0.25, -0.2) is 4.39 Å². The molecule has 2 atom stereocenters. The molecule has 1 aromatic carbocycles. The molecule has 1 heterocycles. The van der Waals surface area contributed by atoms with E-state index in [1.165, 1.54) is 0 Å². The number of benzene rings is 1. The van der Waals surface area contributed by atoms with E-state index in [9.17, 15) is 4.39 Å². The lowest BCUT2D eigenvalue weighted by Gasteiger charge is -2.21. The highest BCUT2D eigenvalue weighted by Crippen LogP contribution is 2.37. The van der Waals surface area contributed by atoms with Crippen molar-refractivity contribution < 1.29 is 4.39 Å². The van der Waals surface area contributed by atoms with Crippen LogP contribution in [0.15, 0.2) is 16.6 Å². The minimum atomic E-state index is -0.0794. The van der Waals surface area contributed by atoms with Crippen LogP contribution in [0.1, 0.15) is 43.9 Å². The number of hydrogen-bond acceptors (Lipinski definition) is 2. The average molecular weight is 332 g/mol. The average Bonchev–Trinajstić information content (AvgIpc) is 2.47. The standard InChI is InChI=1S/C14H19BrFNS/c1-3-4-17-14-5-9(2)18-8-12-11(14)6-10(15)7-13(12)16/h6-7,9,14,17H,3-5,8H2,1-2H3. The maximum Gasteiger partial charge on any atom is 0.128 e. The zero-order valence-corrected chi connectivity index (χ0v) is 13.2. The van der Waals surface area contributed by atoms with Gasteiger partial charge in [-0.05, 0) is 37.1 Å². The Kier molecular flexibility index (Phi) is 5.10. The summed E-state index contributed by atoms with van der Waals surface area (Å²) in [6.45, 7) is 5.37. The third kappa shape index (κ3) is 3.28. The SMILES string of the molecule is CCCNC1CC(C)SCc2c(F)cc(Br)cc21. The molecule has 1 N–H and O–H groups in total. The summed E-state index contributed by atoms with van der Waals surface area (Å²) < 4.78 is 14.9. The van der Waals surface area contributed by atoms with Crippen molar-refractivity contribution in [2.24, 2.45) is 0 Å². The van der Waals surface area contributed by atoms with Gasteiger partial charge in [-0.3, -0.25) is 0 Å². The molecule has 2 unspecified atom stereocenters. The highest BCUT2D eigenvalue weighted by atomic mass is 79.9. The Balaban J connectivity index is 2.36. The number of hydrogen-bond donors (Lipinski definition) is 1. The summed E-state index contributed by atoms with van der Waals surface area (Å²) in [7, 11) is 0. The number of rotatable bonds is 3. The lowest BCUT2D eigenvalue weighted by Crippen LogP contribution is -2.24. The Bertz CT molecular complexity index is 425. The molecular formula is C14H19BrFNS. The molecule has 0 aromatic heterocycles. The van der Waals surface area contributed by atoms with Crippen molar-refractivity contribution in [2.45, 2.75) is 43.7 Å². The quantitative estimate of drug-likeness (QED) is 0.864. The number of fused-ring (bicyclic) bond motifs is 1. The molecule has 0 saturated carbocycles. The topological polar surface area (TPSA) is 12.0 Å². The Labute approximate surface area is 121 Å². The van der Waals surface area contributed by atoms with Gasteiger partial charge in [0.15, 0.2) is 0 Å². The van der Waals surface area contributed by atoms with E-state index < -0.39 is 0 Å². The maximum absolute atomic E-state index is 14.1. The first-order chi connectivity index (χ1) is 8.61. The van der Waals surface area contributed by atoms with Gasteiger partial charge in [-0.1, -0.05) is 29.8 Å². The zero-order valence-electron chi connectivity index (χ0n) is 10.8. The van der Waals surface area contributed by atoms with Gasteiger partial charge in [0, 0.05) is 27.1 Å². The van der Waals surface area contributed by atoms with E-state index in [0.717, 1.165) is 40.7 Å². The van der Waals surface area contributed by atoms with Gasteiger partial charge in [-0.15, -0.1) is 0 Å². The molecule has 4 heteroatoms. The summed E-state index contributed by atoms with van der Waals surface area (Å²) in [6.07, 6.45) is 2.16. The molecule has 0 fully saturated rings. The summed E-state index contributed by atoms with van der Waals surface area (Å²) in [6, 6.07) is 3.92. The van der Waals surface area contributed by atoms with Gasteiger partial charge in [0.05, 0.1) is 0 Å². The van der Waals surface area contributed by atoms with Gasteiger partial charge >= 0.3 is 0 Å². The fourth-order valence-electron chi connectivity index (χ4n) is 2.35. The third-order valence-electron chi connectivity index (χ3n) is 3.29. The first kappa shape index (κ1) is 14.4. The van der Waals surface area contributed by atoms with Crippen molar-refractivity contribution >= 4 is 27.7 Å². The van der Waals surface area contributed by atoms with Crippen LogP contribution in [0.2, 0.25) is 0 Å². The van der Waals surface area contributed by atoms with E-state index >= 15 is 0 Å². The molecule has 0 spiro atoms. The van der Waals surface area contributed by atoms with Crippen LogP contribution in [0.4, 0.5) is 4.39 Å². The summed E-state index contributed by atoms with van der Waals surface area (Å²) >= 11 is 5.25. The molecule has 100 valence electrons. The second-order valence-corrected chi connectivity index (χ2v) is 7.16. The van der Waals surface area contributed by atoms with Crippen molar-refractivity contribution in [1.82, 2.24) is 5.32 Å². The third-order valence-corrected chi connectivity index (χ3v) is 4.97. The smallest absolute Gasteiger partial charge is 0.128 e. The van der Waals surface area contributed by atoms with Crippen LogP contribution in [0.5, 0.6) is 0 Å². The highest BCUT2D eigenvalue weighted by molar-refractivity contribution is 9.10. The number of nitrogens with one attached hydrogen (secondary N) is 1. The highest BCUT2D eigenvalue weighted by Gasteiger charge is 2.24. The first-order valence-electron chi connectivity index (χ1n) is 6.44. The van der Waals surface area contributed by atoms with Crippen molar-refractivity contribution in [2.75, 3.05) is 6.54 Å². The van der Waals surface area contributed by atoms with Crippen LogP contribution >= 0.6 is 27.7 Å². The summed E-state index contributed by atoms with van der Waals surface area (Å²) in [5.74, 6) is 0.698. The Hall–Kier alpha value is -0.0600. The zero-order chi connectivity index (χ0) is 13.1. The van der Waals surface area contributed by atoms with Crippen LogP contribution < -0.4 is 5.32 Å². The molecule has 1 aromatic rings. The predicted octanol–water partition coefficient (Wildman–Crippen LogP) is 4.65. The molecular weight excluding hydrogens is 313 g/mol. The molecule has 0 aliphatic carbocycles. The van der Waals surface area contributed by atoms with Gasteiger partial charge in [0.2, 0.25) is 0 Å². The van der Waals surface area contributed by atoms with Gasteiger partial charge in [0.1, 0.15) is 5.82 Å². The normalized spacial score (nSPS) is 23.6. The molecule has 0 radical (unpaired) electrons. The summed E-state index contributed by atoms with van der Waals surface area (Å²) in [4.78, 5) is 0. The Morgan fingerprint density at radius 2 is 2.28 bits per heavy atom. The van der Waals surface area contributed by atoms with Crippen LogP contribution in [-0.2, 0) is 5.75 Å². The molecule has 0 saturated heterocycles. The van der Waals surface area contributed by atoms with E-state index in [1.54, 1.807) is 6.07 Å². The Morgan fingerprint density at radius 3 is 3.00 bits per heavy atom. The lowest BCUT2D eigenvalue weighted by molar-refractivity contribution is 0.495. The molecule has 0 amide bonds. The van der Waals surface area contributed by atoms with Crippen LogP contribution in [0.25, 0.3) is 0 Å². The van der Waals surface area contributed by atoms with E-state index in [2.05, 4.69) is 41.2 Å². The van der Waals surface area contributed by atoms with Crippen molar-refractivity contribution in [3.63, 3.8) is 0 Å². The largest absolute Gasteiger partial charge is 0.310 e. The number of thioether (sulfide) groups is 1. The first-order valence-corrected chi connectivity index (χ1v) is 8.28. The minimum absolute atomic E-state index is 0.0794. The van der Waals surface area contributed by atoms with E-state index in [1.807, 2.05) is 11.8 Å². The van der Waals surface area contributed by atoms with Gasteiger partial charge in [-0.2, -0.15) is 11.8 Å². The van der Waals surface area contributed by atoms with E-state index in [0.29, 0.717) is 5.25 Å². The van der Waals surface area contributed by atoms with Crippen molar-refractivity contribution in [3.8, 4) is 0 Å². The van der Waals surface area contributed by atoms with Crippen LogP contribution in [-0.4, -0.2) is 11.8 Å². The van der Waals surface area contributed by atoms with E-state index in [4.69, 9.17) is 0 Å². The Morgan fingerprint density at radius 1 is 1.50 bits per heavy atom. The second kappa shape index (κ2) is 6.40. The lowest BCUT2D eigenvalue weighted by atomic mass is 9.97. The molecule has 1 aliphatic rings. The maximum atomic E-state index is 14.1. The molecule has 0 bridgehead atoms. The molecule has 1 aliphatic heterocycles. The molecule has 1 nitrogen and oxygen atoms in total. The van der Waals surface area contributed by atoms with E-state index in [-0.39, 0.29) is 11.9 Å². The molecule has 18 heavy (non-hydrogen) atoms. The second-order valence-electron chi connectivity index (χ2n) is 4.82. The number of halogens is 2.